The molecule has 0 aliphatic heterocycles. The maximum absolute atomic E-state index is 12.1. The predicted octanol–water partition coefficient (Wildman–Crippen LogP) is 2.57. The van der Waals surface area contributed by atoms with Gasteiger partial charge in [-0.25, -0.2) is 0 Å². The Morgan fingerprint density at radius 3 is 2.50 bits per heavy atom. The molecule has 2 N–H and O–H groups in total. The van der Waals surface area contributed by atoms with Crippen molar-refractivity contribution in [3.8, 4) is 22.8 Å². The third-order valence-corrected chi connectivity index (χ3v) is 3.12. The van der Waals surface area contributed by atoms with Crippen molar-refractivity contribution in [2.75, 3.05) is 0 Å². The van der Waals surface area contributed by atoms with Gasteiger partial charge in [0.1, 0.15) is 16.7 Å². The smallest absolute Gasteiger partial charge is 0.197 e. The van der Waals surface area contributed by atoms with E-state index in [0.717, 1.165) is 0 Å². The van der Waals surface area contributed by atoms with Crippen molar-refractivity contribution < 1.29 is 14.6 Å². The lowest BCUT2D eigenvalue weighted by Crippen LogP contribution is -2.01. The van der Waals surface area contributed by atoms with Gasteiger partial charge in [-0.2, -0.15) is 0 Å². The maximum atomic E-state index is 12.1. The summed E-state index contributed by atoms with van der Waals surface area (Å²) in [4.78, 5) is 16.0. The van der Waals surface area contributed by atoms with Gasteiger partial charge in [0, 0.05) is 24.0 Å². The van der Waals surface area contributed by atoms with Gasteiger partial charge in [-0.3, -0.25) is 9.78 Å². The van der Waals surface area contributed by atoms with Gasteiger partial charge in [-0.05, 0) is 30.7 Å². The van der Waals surface area contributed by atoms with Crippen LogP contribution in [-0.4, -0.2) is 15.2 Å². The van der Waals surface area contributed by atoms with Crippen molar-refractivity contribution in [2.45, 2.75) is 6.92 Å². The van der Waals surface area contributed by atoms with Crippen LogP contribution in [0.2, 0.25) is 0 Å². The van der Waals surface area contributed by atoms with Crippen molar-refractivity contribution in [2.24, 2.45) is 0 Å². The molecule has 0 saturated carbocycles. The normalized spacial score (nSPS) is 10.8. The Kier molecular flexibility index (Phi) is 2.68. The Morgan fingerprint density at radius 1 is 1.10 bits per heavy atom. The Labute approximate surface area is 113 Å². The Bertz CT molecular complexity index is 853. The number of phenolic OH excluding ortho intramolecular Hbond substituents is 2. The molecule has 1 aromatic carbocycles. The standard InChI is InChI=1S/C15H11NO4/c1-8-6-12-13(15(19)14(8)18)10(17)7-11(20-12)9-2-4-16-5-3-9/h2-7,18-19H,1H3. The molecule has 0 aliphatic carbocycles. The van der Waals surface area contributed by atoms with Crippen LogP contribution in [0.25, 0.3) is 22.3 Å². The molecule has 0 saturated heterocycles. The average Bonchev–Trinajstić information content (AvgIpc) is 2.45. The van der Waals surface area contributed by atoms with E-state index in [1.54, 1.807) is 31.5 Å². The number of pyridine rings is 1. The van der Waals surface area contributed by atoms with Gasteiger partial charge in [0.25, 0.3) is 0 Å². The number of hydrogen-bond acceptors (Lipinski definition) is 5. The lowest BCUT2D eigenvalue weighted by Gasteiger charge is -2.07. The SMILES string of the molecule is Cc1cc2oc(-c3ccncc3)cc(=O)c2c(O)c1O. The monoisotopic (exact) mass is 269 g/mol. The van der Waals surface area contributed by atoms with E-state index in [1.165, 1.54) is 12.1 Å². The molecule has 0 spiro atoms. The highest BCUT2D eigenvalue weighted by Gasteiger charge is 2.15. The van der Waals surface area contributed by atoms with E-state index >= 15 is 0 Å². The van der Waals surface area contributed by atoms with Gasteiger partial charge in [-0.15, -0.1) is 0 Å². The second-order valence-electron chi connectivity index (χ2n) is 4.47. The number of nitrogens with zero attached hydrogens (tertiary/aromatic N) is 1. The predicted molar refractivity (Wildman–Crippen MR) is 73.8 cm³/mol. The number of phenols is 2. The number of benzene rings is 1. The number of rotatable bonds is 1. The maximum Gasteiger partial charge on any atom is 0.197 e. The van der Waals surface area contributed by atoms with E-state index in [-0.39, 0.29) is 16.7 Å². The van der Waals surface area contributed by atoms with Gasteiger partial charge in [-0.1, -0.05) is 0 Å². The van der Waals surface area contributed by atoms with Gasteiger partial charge in [0.05, 0.1) is 0 Å². The number of aryl methyl sites for hydroxylation is 1. The van der Waals surface area contributed by atoms with Crippen LogP contribution in [-0.2, 0) is 0 Å². The van der Waals surface area contributed by atoms with Crippen LogP contribution in [0.4, 0.5) is 0 Å². The van der Waals surface area contributed by atoms with Crippen LogP contribution in [0, 0.1) is 6.92 Å². The van der Waals surface area contributed by atoms with Crippen LogP contribution in [0.1, 0.15) is 5.56 Å². The molecule has 3 rings (SSSR count). The number of hydrogen-bond donors (Lipinski definition) is 2. The van der Waals surface area contributed by atoms with Gasteiger partial charge >= 0.3 is 0 Å². The highest BCUT2D eigenvalue weighted by atomic mass is 16.3. The summed E-state index contributed by atoms with van der Waals surface area (Å²) >= 11 is 0. The van der Waals surface area contributed by atoms with Crippen molar-refractivity contribution in [1.82, 2.24) is 4.98 Å². The van der Waals surface area contributed by atoms with Gasteiger partial charge in [0.2, 0.25) is 0 Å². The largest absolute Gasteiger partial charge is 0.504 e. The molecule has 0 radical (unpaired) electrons. The molecule has 0 atom stereocenters. The lowest BCUT2D eigenvalue weighted by molar-refractivity contribution is 0.404. The minimum Gasteiger partial charge on any atom is -0.504 e. The molecule has 100 valence electrons. The average molecular weight is 269 g/mol. The summed E-state index contributed by atoms with van der Waals surface area (Å²) in [6.45, 7) is 1.62. The van der Waals surface area contributed by atoms with Crippen molar-refractivity contribution >= 4 is 11.0 Å². The molecule has 5 nitrogen and oxygen atoms in total. The molecule has 2 heterocycles. The third-order valence-electron chi connectivity index (χ3n) is 3.12. The molecule has 0 aliphatic rings. The lowest BCUT2D eigenvalue weighted by atomic mass is 10.1. The minimum absolute atomic E-state index is 0.0223. The second kappa shape index (κ2) is 4.38. The first kappa shape index (κ1) is 12.2. The molecule has 0 bridgehead atoms. The topological polar surface area (TPSA) is 83.6 Å². The fourth-order valence-electron chi connectivity index (χ4n) is 2.08. The zero-order valence-corrected chi connectivity index (χ0v) is 10.6. The van der Waals surface area contributed by atoms with E-state index in [9.17, 15) is 15.0 Å². The summed E-state index contributed by atoms with van der Waals surface area (Å²) in [5, 5.41) is 19.5. The Hall–Kier alpha value is -2.82. The Balaban J connectivity index is 2.36. The van der Waals surface area contributed by atoms with Crippen LogP contribution >= 0.6 is 0 Å². The van der Waals surface area contributed by atoms with Gasteiger partial charge in [0.15, 0.2) is 16.9 Å². The fourth-order valence-corrected chi connectivity index (χ4v) is 2.08. The Morgan fingerprint density at radius 2 is 1.80 bits per heavy atom. The molecule has 5 heteroatoms. The number of fused-ring (bicyclic) bond motifs is 1. The molecule has 20 heavy (non-hydrogen) atoms. The van der Waals surface area contributed by atoms with Crippen LogP contribution in [0.5, 0.6) is 11.5 Å². The molecule has 2 aromatic heterocycles. The first-order chi connectivity index (χ1) is 9.58. The molecule has 0 amide bonds. The summed E-state index contributed by atoms with van der Waals surface area (Å²) < 4.78 is 5.65. The number of aromatic nitrogens is 1. The molecular formula is C15H11NO4. The highest BCUT2D eigenvalue weighted by molar-refractivity contribution is 5.88. The van der Waals surface area contributed by atoms with E-state index in [4.69, 9.17) is 4.42 Å². The van der Waals surface area contributed by atoms with Crippen molar-refractivity contribution in [3.05, 3.63) is 52.4 Å². The highest BCUT2D eigenvalue weighted by Crippen LogP contribution is 2.36. The molecule has 3 aromatic rings. The van der Waals surface area contributed by atoms with E-state index in [1.807, 2.05) is 0 Å². The summed E-state index contributed by atoms with van der Waals surface area (Å²) in [6.07, 6.45) is 3.19. The fraction of sp³-hybridized carbons (Fsp3) is 0.0667. The zero-order valence-electron chi connectivity index (χ0n) is 10.6. The number of aromatic hydroxyl groups is 2. The summed E-state index contributed by atoms with van der Waals surface area (Å²) in [5.41, 5.74) is 0.970. The molecule has 0 fully saturated rings. The van der Waals surface area contributed by atoms with Crippen molar-refractivity contribution in [3.63, 3.8) is 0 Å². The third kappa shape index (κ3) is 1.80. The molecule has 0 unspecified atom stereocenters. The first-order valence-corrected chi connectivity index (χ1v) is 5.97. The van der Waals surface area contributed by atoms with Crippen LogP contribution in [0.15, 0.2) is 45.9 Å². The summed E-state index contributed by atoms with van der Waals surface area (Å²) in [7, 11) is 0. The second-order valence-corrected chi connectivity index (χ2v) is 4.47. The van der Waals surface area contributed by atoms with E-state index in [0.29, 0.717) is 16.9 Å². The quantitative estimate of drug-likeness (QED) is 0.663. The van der Waals surface area contributed by atoms with Gasteiger partial charge < -0.3 is 14.6 Å². The van der Waals surface area contributed by atoms with E-state index < -0.39 is 11.2 Å². The summed E-state index contributed by atoms with van der Waals surface area (Å²) in [6, 6.07) is 6.25. The minimum atomic E-state index is -0.449. The molecular weight excluding hydrogens is 258 g/mol. The zero-order chi connectivity index (χ0) is 14.3. The van der Waals surface area contributed by atoms with Crippen LogP contribution < -0.4 is 5.43 Å². The first-order valence-electron chi connectivity index (χ1n) is 5.97. The van der Waals surface area contributed by atoms with E-state index in [2.05, 4.69) is 4.98 Å². The summed E-state index contributed by atoms with van der Waals surface area (Å²) in [5.74, 6) is -0.370. The van der Waals surface area contributed by atoms with Crippen LogP contribution in [0.3, 0.4) is 0 Å². The van der Waals surface area contributed by atoms with Crippen molar-refractivity contribution in [1.29, 1.82) is 0 Å².